The Morgan fingerprint density at radius 2 is 0.967 bits per heavy atom. The Bertz CT molecular complexity index is 5340. The number of ether oxygens (including phenoxy) is 4. The highest BCUT2D eigenvalue weighted by atomic mass is 35.5. The molecule has 123 heavy (non-hydrogen) atoms. The first kappa shape index (κ1) is 89.7. The number of nitrogens with zero attached hydrogens (tertiary/aromatic N) is 6. The topological polar surface area (TPSA) is 340 Å². The number of Topliss-reactive ketones (excluding diaryl/α,β-unsaturated/α-hetero) is 2. The molecule has 8 aromatic rings. The number of carbonyl (C=O) groups excluding carboxylic acids is 6. The molecular weight excluding hydrogens is 1660 g/mol. The molecule has 16 rings (SSSR count). The summed E-state index contributed by atoms with van der Waals surface area (Å²) < 4.78 is 81.3. The van der Waals surface area contributed by atoms with E-state index in [0.717, 1.165) is 106 Å². The van der Waals surface area contributed by atoms with Crippen molar-refractivity contribution in [2.24, 2.45) is 22.7 Å². The van der Waals surface area contributed by atoms with Crippen LogP contribution in [0.3, 0.4) is 0 Å². The van der Waals surface area contributed by atoms with E-state index in [1.807, 2.05) is 123 Å². The molecule has 10 atom stereocenters. The van der Waals surface area contributed by atoms with Crippen molar-refractivity contribution in [2.45, 2.75) is 248 Å². The van der Waals surface area contributed by atoms with E-state index >= 15 is 0 Å². The molecule has 8 heterocycles. The summed E-state index contributed by atoms with van der Waals surface area (Å²) in [5.41, 5.74) is 13.1. The van der Waals surface area contributed by atoms with Crippen molar-refractivity contribution in [3.05, 3.63) is 148 Å². The van der Waals surface area contributed by atoms with E-state index in [2.05, 4.69) is 53.8 Å². The quantitative estimate of drug-likeness (QED) is 0.0349. The van der Waals surface area contributed by atoms with Crippen molar-refractivity contribution < 1.29 is 64.6 Å². The zero-order valence-corrected chi connectivity index (χ0v) is 76.0. The number of halogens is 1. The van der Waals surface area contributed by atoms with Crippen LogP contribution in [-0.2, 0) is 48.8 Å². The second kappa shape index (κ2) is 36.2. The standard InChI is InChI=1S/C47H57N5O7S2.C46H56N6O7S2.ClH/c1-28(2)37-27-60-43(50-37)36-23-41(34-17-18-40(58-6)30(4)42(34)49-36)59-33-22-38-39(53)25-47(45(55)51-61(56,57)46(5)19-20-46)24-31(47)14-10-8-7-9-11-16-35(44(54)52(38)26-33)48-32-15-12-13-29(3)21-32;1-27(2)36-26-60-42(50-36)35-22-40(33-16-17-39(58-5)28(3)41(33)49-35)59-32-21-37-38(53)24-46(44(55)51-61(56,57)45(4)18-19-45)23-29(46)12-9-7-6-8-10-15-34(43(54)52(37)25-32)48-31-14-11-13-30(47)20-31;/h10,12-15,17-18,21,23,27-28,31,33,35,38,48H,7-9,11,16,19-20,22,24-26H2,1-6H3,(H,51,55);9,11-14,16-17,20,22,26-27,29,32,34,37,48H,6-8,10,15,18-19,21,23-25,47H2,1-5H3,(H,51,55);1H/b14-10-;12-9-;/t31-,33-,35+,38+,47-;29-,32-,34+,37+,46-;/m11./s1. The highest BCUT2D eigenvalue weighted by molar-refractivity contribution is 7.92. The number of sulfonamides is 2. The summed E-state index contributed by atoms with van der Waals surface area (Å²) in [5, 5.41) is 14.0. The van der Waals surface area contributed by atoms with Gasteiger partial charge in [0, 0.05) is 87.5 Å². The third-order valence-corrected chi connectivity index (χ3v) is 32.4. The Labute approximate surface area is 735 Å². The highest BCUT2D eigenvalue weighted by Gasteiger charge is 2.65. The Hall–Kier alpha value is -9.55. The number of pyridine rings is 2. The van der Waals surface area contributed by atoms with E-state index in [0.29, 0.717) is 108 Å². The number of rotatable bonds is 20. The third kappa shape index (κ3) is 19.0. The lowest BCUT2D eigenvalue weighted by atomic mass is 9.91. The molecule has 30 heteroatoms. The number of hydrogen-bond donors (Lipinski definition) is 5. The lowest BCUT2D eigenvalue weighted by Gasteiger charge is -2.30. The van der Waals surface area contributed by atoms with Gasteiger partial charge in [0.15, 0.2) is 11.6 Å². The molecular formula is C93H114ClN11O14S4. The van der Waals surface area contributed by atoms with Crippen molar-refractivity contribution in [2.75, 3.05) is 43.7 Å². The average molecular weight is 1770 g/mol. The highest BCUT2D eigenvalue weighted by Crippen LogP contribution is 2.60. The molecule has 4 aromatic heterocycles. The van der Waals surface area contributed by atoms with E-state index in [1.165, 1.54) is 22.7 Å². The lowest BCUT2D eigenvalue weighted by Crippen LogP contribution is -2.49. The van der Waals surface area contributed by atoms with Gasteiger partial charge in [-0.15, -0.1) is 35.1 Å². The summed E-state index contributed by atoms with van der Waals surface area (Å²) in [6, 6.07) is 23.4. The normalized spacial score (nSPS) is 25.6. The van der Waals surface area contributed by atoms with Gasteiger partial charge in [0.05, 0.1) is 82.1 Å². The fourth-order valence-corrected chi connectivity index (χ4v) is 22.2. The molecule has 6 N–H and O–H groups in total. The van der Waals surface area contributed by atoms with Gasteiger partial charge in [0.25, 0.3) is 0 Å². The zero-order chi connectivity index (χ0) is 86.5. The molecule has 4 saturated carbocycles. The Morgan fingerprint density at radius 1 is 0.545 bits per heavy atom. The van der Waals surface area contributed by atoms with Crippen LogP contribution in [0.4, 0.5) is 17.1 Å². The molecule has 2 saturated heterocycles. The number of methoxy groups -OCH3 is 2. The van der Waals surface area contributed by atoms with Crippen molar-refractivity contribution in [3.63, 3.8) is 0 Å². The van der Waals surface area contributed by atoms with Crippen LogP contribution in [0.2, 0.25) is 0 Å². The maximum atomic E-state index is 15.0. The van der Waals surface area contributed by atoms with Crippen molar-refractivity contribution in [3.8, 4) is 44.4 Å². The van der Waals surface area contributed by atoms with Crippen LogP contribution in [-0.4, -0.2) is 155 Å². The van der Waals surface area contributed by atoms with Gasteiger partial charge in [-0.1, -0.05) is 95.9 Å². The predicted octanol–water partition coefficient (Wildman–Crippen LogP) is 16.5. The van der Waals surface area contributed by atoms with Crippen LogP contribution < -0.4 is 44.8 Å². The summed E-state index contributed by atoms with van der Waals surface area (Å²) in [7, 11) is -4.64. The molecule has 656 valence electrons. The van der Waals surface area contributed by atoms with E-state index in [9.17, 15) is 45.6 Å². The number of nitrogen functional groups attached to an aromatic ring is 1. The monoisotopic (exact) mass is 1770 g/mol. The minimum atomic E-state index is -3.95. The number of carbonyl (C=O) groups is 6. The second-order valence-electron chi connectivity index (χ2n) is 36.0. The molecule has 4 amide bonds. The van der Waals surface area contributed by atoms with Crippen LogP contribution in [0.5, 0.6) is 23.0 Å². The SMILES string of the molecule is COc1ccc2c(O[C@@H]3C[C@H]4C(=O)C[C@]5(C(=O)NS(=O)(=O)C6(C)CC6)C[C@H]5/C=C\CCCCC[C@H](Nc5cccc(C)c5)C(=O)N4C3)cc(-c3nc(C(C)C)cs3)nc2c1C.COc1ccc2c(O[C@@H]3C[C@H]4C(=O)C[C@]5(C(=O)NS(=O)(=O)C6(C)CC6)C[C@H]5/C=C\CCCCC[C@H](Nc5cccc(N)c5)C(=O)N4C3)cc(-c3nc(C(C)C)cs3)nc2c1C.Cl. The Balaban J connectivity index is 0.000000199. The molecule has 25 nitrogen and oxygen atoms in total. The summed E-state index contributed by atoms with van der Waals surface area (Å²) in [6.07, 6.45) is 17.2. The second-order valence-corrected chi connectivity index (χ2v) is 42.1. The molecule has 0 radical (unpaired) electrons. The Kier molecular flexibility index (Phi) is 26.4. The Morgan fingerprint density at radius 3 is 1.36 bits per heavy atom. The van der Waals surface area contributed by atoms with E-state index in [1.54, 1.807) is 50.0 Å². The van der Waals surface area contributed by atoms with Gasteiger partial charge in [0.2, 0.25) is 43.7 Å². The number of hydrogen-bond acceptors (Lipinski definition) is 23. The molecule has 0 bridgehead atoms. The number of ketones is 2. The lowest BCUT2D eigenvalue weighted by molar-refractivity contribution is -0.140. The van der Waals surface area contributed by atoms with Gasteiger partial charge in [-0.2, -0.15) is 0 Å². The van der Waals surface area contributed by atoms with Gasteiger partial charge in [-0.3, -0.25) is 38.2 Å². The van der Waals surface area contributed by atoms with Gasteiger partial charge >= 0.3 is 0 Å². The van der Waals surface area contributed by atoms with Gasteiger partial charge in [0.1, 0.15) is 68.7 Å². The zero-order valence-electron chi connectivity index (χ0n) is 71.9. The van der Waals surface area contributed by atoms with E-state index in [-0.39, 0.29) is 98.2 Å². The van der Waals surface area contributed by atoms with Crippen molar-refractivity contribution in [1.82, 2.24) is 39.2 Å². The molecule has 8 aliphatic rings. The van der Waals surface area contributed by atoms with Crippen LogP contribution in [0.1, 0.15) is 210 Å². The van der Waals surface area contributed by atoms with Gasteiger partial charge in [-0.25, -0.2) is 36.8 Å². The number of aryl methyl sites for hydroxylation is 3. The minimum Gasteiger partial charge on any atom is -0.496 e. The third-order valence-electron chi connectivity index (χ3n) is 26.3. The number of thiazole rings is 2. The number of fused-ring (bicyclic) bond motifs is 6. The number of amides is 4. The maximum Gasteiger partial charge on any atom is 0.245 e. The summed E-state index contributed by atoms with van der Waals surface area (Å²) in [4.78, 5) is 111. The van der Waals surface area contributed by atoms with Crippen molar-refractivity contribution >= 4 is 129 Å². The van der Waals surface area contributed by atoms with Crippen LogP contribution in [0.15, 0.2) is 120 Å². The number of nitrogens with one attached hydrogen (secondary N) is 4. The van der Waals surface area contributed by atoms with E-state index in [4.69, 9.17) is 44.6 Å². The molecule has 4 aliphatic carbocycles. The summed E-state index contributed by atoms with van der Waals surface area (Å²) in [5.74, 6) is -0.00000375. The number of aromatic nitrogens is 4. The fourth-order valence-electron chi connectivity index (χ4n) is 17.7. The maximum absolute atomic E-state index is 15.0. The van der Waals surface area contributed by atoms with Gasteiger partial charge in [-0.05, 0) is 196 Å². The number of nitrogens with two attached hydrogens (primary N) is 1. The smallest absolute Gasteiger partial charge is 0.245 e. The molecule has 6 fully saturated rings. The van der Waals surface area contributed by atoms with Crippen LogP contribution in [0, 0.1) is 43.4 Å². The van der Waals surface area contributed by atoms with E-state index < -0.39 is 88.6 Å². The average Bonchev–Trinajstić information content (AvgIpc) is 1.53. The molecule has 4 aromatic carbocycles. The first-order valence-corrected chi connectivity index (χ1v) is 47.8. The fraction of sp³-hybridized carbons (Fsp3) is 0.505. The first-order chi connectivity index (χ1) is 58.2. The number of anilines is 3. The number of allylic oxidation sites excluding steroid dienone is 4. The van der Waals surface area contributed by atoms with Gasteiger partial charge < -0.3 is 45.1 Å². The first-order valence-electron chi connectivity index (χ1n) is 43.0. The summed E-state index contributed by atoms with van der Waals surface area (Å²) in [6.45, 7) is 17.8. The molecule has 0 unspecified atom stereocenters. The largest absolute Gasteiger partial charge is 0.496 e. The molecule has 4 aliphatic heterocycles. The summed E-state index contributed by atoms with van der Waals surface area (Å²) >= 11 is 3.02. The molecule has 0 spiro atoms. The predicted molar refractivity (Wildman–Crippen MR) is 484 cm³/mol. The minimum absolute atomic E-state index is 0. The van der Waals surface area contributed by atoms with Crippen LogP contribution >= 0.6 is 35.1 Å². The van der Waals surface area contributed by atoms with Crippen LogP contribution in [0.25, 0.3) is 43.2 Å². The van der Waals surface area contributed by atoms with Crippen molar-refractivity contribution in [1.29, 1.82) is 0 Å². The number of benzene rings is 4.